The van der Waals surface area contributed by atoms with Crippen LogP contribution in [0, 0.1) is 5.92 Å². The maximum absolute atomic E-state index is 4.26. The molecule has 28 heavy (non-hydrogen) atoms. The second-order valence-electron chi connectivity index (χ2n) is 8.37. The molecule has 3 rings (SSSR count). The van der Waals surface area contributed by atoms with Crippen molar-refractivity contribution >= 4 is 5.69 Å². The molecule has 0 spiro atoms. The fourth-order valence-corrected chi connectivity index (χ4v) is 4.04. The average molecular weight is 384 g/mol. The molecule has 1 aliphatic rings. The lowest BCUT2D eigenvalue weighted by atomic mass is 9.89. The zero-order valence-electron chi connectivity index (χ0n) is 18.9. The van der Waals surface area contributed by atoms with Gasteiger partial charge in [-0.25, -0.2) is 0 Å². The maximum Gasteiger partial charge on any atom is 0.0568 e. The molecular weight excluding hydrogens is 342 g/mol. The van der Waals surface area contributed by atoms with E-state index < -0.39 is 0 Å². The number of anilines is 1. The summed E-state index contributed by atoms with van der Waals surface area (Å²) in [5.41, 5.74) is 5.34. The van der Waals surface area contributed by atoms with Gasteiger partial charge in [0.25, 0.3) is 0 Å². The number of aryl methyl sites for hydroxylation is 1. The van der Waals surface area contributed by atoms with Gasteiger partial charge in [0, 0.05) is 38.1 Å². The molecule has 0 aliphatic carbocycles. The predicted molar refractivity (Wildman–Crippen MR) is 123 cm³/mol. The van der Waals surface area contributed by atoms with Gasteiger partial charge < -0.3 is 4.90 Å². The van der Waals surface area contributed by atoms with E-state index in [1.807, 2.05) is 17.9 Å². The van der Waals surface area contributed by atoms with Crippen LogP contribution in [0.2, 0.25) is 0 Å². The number of nitrogens with zero attached hydrogens (tertiary/aromatic N) is 3. The summed E-state index contributed by atoms with van der Waals surface area (Å²) in [6, 6.07) is 6.80. The molecule has 0 fully saturated rings. The van der Waals surface area contributed by atoms with E-state index >= 15 is 0 Å². The zero-order valence-corrected chi connectivity index (χ0v) is 18.9. The predicted octanol–water partition coefficient (Wildman–Crippen LogP) is 6.86. The molecule has 3 heteroatoms. The summed E-state index contributed by atoms with van der Waals surface area (Å²) in [7, 11) is 4.16. The molecule has 1 aromatic heterocycles. The Morgan fingerprint density at radius 2 is 1.61 bits per heavy atom. The number of hydrogen-bond donors (Lipinski definition) is 0. The Balaban J connectivity index is 0.000000266. The molecule has 2 heterocycles. The Kier molecular flexibility index (Phi) is 9.60. The van der Waals surface area contributed by atoms with Crippen LogP contribution in [0.1, 0.15) is 77.7 Å². The van der Waals surface area contributed by atoms with Gasteiger partial charge in [-0.3, -0.25) is 4.68 Å². The molecule has 1 aromatic carbocycles. The van der Waals surface area contributed by atoms with Gasteiger partial charge in [0.15, 0.2) is 0 Å². The monoisotopic (exact) mass is 383 g/mol. The van der Waals surface area contributed by atoms with Crippen molar-refractivity contribution in [2.24, 2.45) is 13.0 Å². The Morgan fingerprint density at radius 3 is 2.18 bits per heavy atom. The molecule has 0 saturated carbocycles. The average Bonchev–Trinajstić information content (AvgIpc) is 3.14. The van der Waals surface area contributed by atoms with Crippen LogP contribution in [0.15, 0.2) is 30.6 Å². The normalized spacial score (nSPS) is 15.8. The molecule has 0 bridgehead atoms. The quantitative estimate of drug-likeness (QED) is 0.464. The number of unbranched alkanes of at least 4 members (excludes halogenated alkanes) is 6. The smallest absolute Gasteiger partial charge is 0.0568 e. The summed E-state index contributed by atoms with van der Waals surface area (Å²) in [4.78, 5) is 2.39. The van der Waals surface area contributed by atoms with Crippen molar-refractivity contribution in [1.82, 2.24) is 9.78 Å². The minimum Gasteiger partial charge on any atom is -0.374 e. The summed E-state index contributed by atoms with van der Waals surface area (Å²) in [6.45, 7) is 7.99. The highest BCUT2D eigenvalue weighted by molar-refractivity contribution is 5.68. The van der Waals surface area contributed by atoms with Crippen LogP contribution in [-0.2, 0) is 13.5 Å². The van der Waals surface area contributed by atoms with Gasteiger partial charge in [-0.05, 0) is 35.6 Å². The standard InChI is InChI=1S/C16H21N3.C9H20/c1-4-12-7-14-8-13(15-9-17-19(3)11-15)5-6-16(14)18(2)10-12;1-3-5-7-9-8-6-4-2/h5-6,8-9,11-12H,4,7,10H2,1-3H3;3-9H2,1-2H3. The van der Waals surface area contributed by atoms with Crippen LogP contribution in [0.25, 0.3) is 11.1 Å². The molecule has 156 valence electrons. The van der Waals surface area contributed by atoms with E-state index in [1.165, 1.54) is 86.7 Å². The number of hydrogen-bond acceptors (Lipinski definition) is 2. The van der Waals surface area contributed by atoms with Crippen LogP contribution in [-0.4, -0.2) is 23.4 Å². The number of rotatable bonds is 8. The summed E-state index contributed by atoms with van der Waals surface area (Å²) in [6.07, 6.45) is 16.4. The first-order valence-corrected chi connectivity index (χ1v) is 11.4. The van der Waals surface area contributed by atoms with E-state index in [9.17, 15) is 0 Å². The van der Waals surface area contributed by atoms with E-state index in [0.29, 0.717) is 0 Å². The van der Waals surface area contributed by atoms with Gasteiger partial charge >= 0.3 is 0 Å². The van der Waals surface area contributed by atoms with Crippen molar-refractivity contribution in [2.75, 3.05) is 18.5 Å². The summed E-state index contributed by atoms with van der Waals surface area (Å²) in [5, 5.41) is 4.26. The zero-order chi connectivity index (χ0) is 20.4. The van der Waals surface area contributed by atoms with Crippen molar-refractivity contribution in [1.29, 1.82) is 0 Å². The number of aromatic nitrogens is 2. The molecule has 3 nitrogen and oxygen atoms in total. The van der Waals surface area contributed by atoms with Crippen molar-refractivity contribution < 1.29 is 0 Å². The van der Waals surface area contributed by atoms with Gasteiger partial charge in [-0.15, -0.1) is 0 Å². The first kappa shape index (κ1) is 22.5. The first-order chi connectivity index (χ1) is 13.6. The molecule has 2 aromatic rings. The van der Waals surface area contributed by atoms with Gasteiger partial charge in [0.05, 0.1) is 6.20 Å². The van der Waals surface area contributed by atoms with Crippen molar-refractivity contribution in [2.45, 2.75) is 78.6 Å². The second kappa shape index (κ2) is 11.9. The molecular formula is C25H41N3. The third-order valence-corrected chi connectivity index (χ3v) is 5.85. The highest BCUT2D eigenvalue weighted by atomic mass is 15.2. The van der Waals surface area contributed by atoms with E-state index in [4.69, 9.17) is 0 Å². The van der Waals surface area contributed by atoms with Crippen LogP contribution < -0.4 is 4.90 Å². The van der Waals surface area contributed by atoms with Crippen LogP contribution >= 0.6 is 0 Å². The van der Waals surface area contributed by atoms with Crippen LogP contribution in [0.4, 0.5) is 5.69 Å². The van der Waals surface area contributed by atoms with E-state index in [2.05, 4.69) is 62.2 Å². The van der Waals surface area contributed by atoms with Crippen LogP contribution in [0.3, 0.4) is 0 Å². The summed E-state index contributed by atoms with van der Waals surface area (Å²) < 4.78 is 1.86. The molecule has 0 radical (unpaired) electrons. The maximum atomic E-state index is 4.26. The fourth-order valence-electron chi connectivity index (χ4n) is 4.04. The van der Waals surface area contributed by atoms with E-state index in [1.54, 1.807) is 0 Å². The Morgan fingerprint density at radius 1 is 0.929 bits per heavy atom. The topological polar surface area (TPSA) is 21.1 Å². The van der Waals surface area contributed by atoms with Gasteiger partial charge in [-0.1, -0.05) is 78.2 Å². The Bertz CT molecular complexity index is 683. The Labute approximate surface area is 173 Å². The molecule has 0 N–H and O–H groups in total. The van der Waals surface area contributed by atoms with Crippen molar-refractivity contribution in [3.05, 3.63) is 36.2 Å². The third-order valence-electron chi connectivity index (χ3n) is 5.85. The molecule has 1 aliphatic heterocycles. The lowest BCUT2D eigenvalue weighted by Gasteiger charge is -2.33. The van der Waals surface area contributed by atoms with Gasteiger partial charge in [-0.2, -0.15) is 5.10 Å². The van der Waals surface area contributed by atoms with E-state index in [-0.39, 0.29) is 0 Å². The minimum atomic E-state index is 0.779. The lowest BCUT2D eigenvalue weighted by Crippen LogP contribution is -2.31. The highest BCUT2D eigenvalue weighted by Gasteiger charge is 2.21. The molecule has 0 amide bonds. The molecule has 0 saturated heterocycles. The van der Waals surface area contributed by atoms with E-state index in [0.717, 1.165) is 5.92 Å². The number of fused-ring (bicyclic) bond motifs is 1. The van der Waals surface area contributed by atoms with Crippen molar-refractivity contribution in [3.63, 3.8) is 0 Å². The third kappa shape index (κ3) is 6.68. The van der Waals surface area contributed by atoms with Gasteiger partial charge in [0.2, 0.25) is 0 Å². The Hall–Kier alpha value is -1.77. The summed E-state index contributed by atoms with van der Waals surface area (Å²) >= 11 is 0. The highest BCUT2D eigenvalue weighted by Crippen LogP contribution is 2.33. The molecule has 1 atom stereocenters. The van der Waals surface area contributed by atoms with Gasteiger partial charge in [0.1, 0.15) is 0 Å². The number of benzene rings is 1. The first-order valence-electron chi connectivity index (χ1n) is 11.4. The van der Waals surface area contributed by atoms with Crippen molar-refractivity contribution in [3.8, 4) is 11.1 Å². The summed E-state index contributed by atoms with van der Waals surface area (Å²) in [5.74, 6) is 0.779. The SMILES string of the molecule is CCC1Cc2cc(-c3cnn(C)c3)ccc2N(C)C1.CCCCCCCCC. The van der Waals surface area contributed by atoms with Crippen LogP contribution in [0.5, 0.6) is 0 Å². The fraction of sp³-hybridized carbons (Fsp3) is 0.640. The minimum absolute atomic E-state index is 0.779. The largest absolute Gasteiger partial charge is 0.374 e. The second-order valence-corrected chi connectivity index (χ2v) is 8.37. The lowest BCUT2D eigenvalue weighted by molar-refractivity contribution is 0.489. The molecule has 1 unspecified atom stereocenters.